The van der Waals surface area contributed by atoms with Gasteiger partial charge in [-0.1, -0.05) is 0 Å². The molecule has 70 valence electrons. The van der Waals surface area contributed by atoms with Gasteiger partial charge in [0.1, 0.15) is 17.0 Å². The molecule has 0 fully saturated rings. The van der Waals surface area contributed by atoms with Gasteiger partial charge in [0.05, 0.1) is 6.67 Å². The molecule has 0 amide bonds. The van der Waals surface area contributed by atoms with E-state index in [1.807, 2.05) is 13.3 Å². The minimum atomic E-state index is 0.890. The summed E-state index contributed by atoms with van der Waals surface area (Å²) in [6.45, 7) is 0.890. The van der Waals surface area contributed by atoms with E-state index in [4.69, 9.17) is 0 Å². The van der Waals surface area contributed by atoms with E-state index in [9.17, 15) is 0 Å². The van der Waals surface area contributed by atoms with Gasteiger partial charge in [-0.2, -0.15) is 0 Å². The van der Waals surface area contributed by atoms with Crippen LogP contribution < -0.4 is 9.80 Å². The number of hydrogen-bond donors (Lipinski definition) is 0. The molecule has 0 saturated carbocycles. The SMILES string of the molecule is CSc1ncnc2c1N(C)CN2C. The quantitative estimate of drug-likeness (QED) is 0.495. The molecule has 0 saturated heterocycles. The Morgan fingerprint density at radius 1 is 1.31 bits per heavy atom. The maximum atomic E-state index is 4.26. The zero-order chi connectivity index (χ0) is 9.42. The van der Waals surface area contributed by atoms with Gasteiger partial charge in [-0.15, -0.1) is 11.8 Å². The van der Waals surface area contributed by atoms with Crippen LogP contribution in [0.5, 0.6) is 0 Å². The van der Waals surface area contributed by atoms with Gasteiger partial charge in [-0.3, -0.25) is 0 Å². The van der Waals surface area contributed by atoms with Gasteiger partial charge >= 0.3 is 0 Å². The van der Waals surface area contributed by atoms with E-state index in [0.717, 1.165) is 23.2 Å². The van der Waals surface area contributed by atoms with Gasteiger partial charge < -0.3 is 9.80 Å². The summed E-state index contributed by atoms with van der Waals surface area (Å²) in [5.74, 6) is 1.03. The Morgan fingerprint density at radius 2 is 2.08 bits per heavy atom. The molecule has 0 N–H and O–H groups in total. The molecule has 0 atom stereocenters. The van der Waals surface area contributed by atoms with Crippen LogP contribution in [0.2, 0.25) is 0 Å². The largest absolute Gasteiger partial charge is 0.352 e. The zero-order valence-corrected chi connectivity index (χ0v) is 8.80. The first-order valence-electron chi connectivity index (χ1n) is 4.05. The van der Waals surface area contributed by atoms with Crippen LogP contribution in [0.15, 0.2) is 11.4 Å². The lowest BCUT2D eigenvalue weighted by atomic mass is 10.5. The van der Waals surface area contributed by atoms with Crippen LogP contribution in [0.4, 0.5) is 11.5 Å². The van der Waals surface area contributed by atoms with Crippen LogP contribution in [0.1, 0.15) is 0 Å². The van der Waals surface area contributed by atoms with Gasteiger partial charge in [-0.25, -0.2) is 9.97 Å². The molecule has 0 spiro atoms. The predicted octanol–water partition coefficient (Wildman–Crippen LogP) is 1.04. The Kier molecular flexibility index (Phi) is 2.03. The van der Waals surface area contributed by atoms with Crippen LogP contribution in [-0.2, 0) is 0 Å². The summed E-state index contributed by atoms with van der Waals surface area (Å²) < 4.78 is 0. The lowest BCUT2D eigenvalue weighted by Crippen LogP contribution is -2.24. The summed E-state index contributed by atoms with van der Waals surface area (Å²) in [7, 11) is 4.10. The second-order valence-electron chi connectivity index (χ2n) is 3.09. The first-order valence-corrected chi connectivity index (χ1v) is 5.27. The monoisotopic (exact) mass is 196 g/mol. The first-order chi connectivity index (χ1) is 6.24. The van der Waals surface area contributed by atoms with Crippen molar-refractivity contribution in [2.24, 2.45) is 0 Å². The van der Waals surface area contributed by atoms with E-state index < -0.39 is 0 Å². The maximum Gasteiger partial charge on any atom is 0.158 e. The molecule has 0 radical (unpaired) electrons. The van der Waals surface area contributed by atoms with E-state index >= 15 is 0 Å². The number of fused-ring (bicyclic) bond motifs is 1. The fourth-order valence-corrected chi connectivity index (χ4v) is 2.17. The molecule has 5 heteroatoms. The molecule has 1 aliphatic heterocycles. The van der Waals surface area contributed by atoms with Crippen molar-refractivity contribution < 1.29 is 0 Å². The molecule has 13 heavy (non-hydrogen) atoms. The van der Waals surface area contributed by atoms with Crippen molar-refractivity contribution >= 4 is 23.3 Å². The molecule has 0 aromatic carbocycles. The van der Waals surface area contributed by atoms with Gasteiger partial charge in [-0.05, 0) is 6.26 Å². The summed E-state index contributed by atoms with van der Waals surface area (Å²) in [5.41, 5.74) is 1.15. The molecule has 2 heterocycles. The molecule has 0 bridgehead atoms. The summed E-state index contributed by atoms with van der Waals surface area (Å²) in [6, 6.07) is 0. The van der Waals surface area contributed by atoms with Gasteiger partial charge in [0.25, 0.3) is 0 Å². The van der Waals surface area contributed by atoms with Crippen LogP contribution in [-0.4, -0.2) is 37.0 Å². The van der Waals surface area contributed by atoms with Crippen molar-refractivity contribution in [2.75, 3.05) is 36.8 Å². The van der Waals surface area contributed by atoms with Gasteiger partial charge in [0.2, 0.25) is 0 Å². The lowest BCUT2D eigenvalue weighted by Gasteiger charge is -2.12. The first kappa shape index (κ1) is 8.62. The second kappa shape index (κ2) is 3.06. The van der Waals surface area contributed by atoms with E-state index in [1.54, 1.807) is 18.1 Å². The summed E-state index contributed by atoms with van der Waals surface area (Å²) in [5, 5.41) is 1.05. The highest BCUT2D eigenvalue weighted by molar-refractivity contribution is 7.98. The number of aromatic nitrogens is 2. The highest BCUT2D eigenvalue weighted by Gasteiger charge is 2.25. The van der Waals surface area contributed by atoms with Crippen molar-refractivity contribution in [1.29, 1.82) is 0 Å². The number of thioether (sulfide) groups is 1. The van der Waals surface area contributed by atoms with Crippen molar-refractivity contribution in [3.8, 4) is 0 Å². The normalized spacial score (nSPS) is 15.0. The molecule has 1 aliphatic rings. The fraction of sp³-hybridized carbons (Fsp3) is 0.500. The smallest absolute Gasteiger partial charge is 0.158 e. The van der Waals surface area contributed by atoms with Crippen molar-refractivity contribution in [2.45, 2.75) is 5.03 Å². The topological polar surface area (TPSA) is 32.3 Å². The molecule has 0 unspecified atom stereocenters. The third kappa shape index (κ3) is 1.23. The number of anilines is 2. The van der Waals surface area contributed by atoms with Crippen LogP contribution in [0.25, 0.3) is 0 Å². The van der Waals surface area contributed by atoms with Gasteiger partial charge in [0.15, 0.2) is 5.82 Å². The highest BCUT2D eigenvalue weighted by atomic mass is 32.2. The van der Waals surface area contributed by atoms with Crippen LogP contribution in [0.3, 0.4) is 0 Å². The standard InChI is InChI=1S/C8H12N4S/c1-11-5-12(2)7-6(11)8(13-3)10-4-9-7/h4H,5H2,1-3H3. The molecule has 0 aliphatic carbocycles. The van der Waals surface area contributed by atoms with Gasteiger partial charge in [0, 0.05) is 14.1 Å². The number of rotatable bonds is 1. The molecule has 1 aromatic rings. The summed E-state index contributed by atoms with van der Waals surface area (Å²) >= 11 is 1.66. The average molecular weight is 196 g/mol. The highest BCUT2D eigenvalue weighted by Crippen LogP contribution is 2.37. The van der Waals surface area contributed by atoms with Crippen LogP contribution in [0, 0.1) is 0 Å². The molecule has 2 rings (SSSR count). The van der Waals surface area contributed by atoms with E-state index in [1.165, 1.54) is 0 Å². The number of hydrogen-bond acceptors (Lipinski definition) is 5. The molecule has 4 nitrogen and oxygen atoms in total. The number of nitrogens with zero attached hydrogens (tertiary/aromatic N) is 4. The van der Waals surface area contributed by atoms with Crippen molar-refractivity contribution in [3.05, 3.63) is 6.33 Å². The second-order valence-corrected chi connectivity index (χ2v) is 3.89. The Bertz CT molecular complexity index is 328. The Balaban J connectivity index is 2.55. The van der Waals surface area contributed by atoms with E-state index in [-0.39, 0.29) is 0 Å². The summed E-state index contributed by atoms with van der Waals surface area (Å²) in [4.78, 5) is 12.8. The zero-order valence-electron chi connectivity index (χ0n) is 7.98. The maximum absolute atomic E-state index is 4.26. The summed E-state index contributed by atoms with van der Waals surface area (Å²) in [6.07, 6.45) is 3.66. The molecular weight excluding hydrogens is 184 g/mol. The third-order valence-corrected chi connectivity index (χ3v) is 2.82. The van der Waals surface area contributed by atoms with E-state index in [0.29, 0.717) is 0 Å². The van der Waals surface area contributed by atoms with Crippen LogP contribution >= 0.6 is 11.8 Å². The fourth-order valence-electron chi connectivity index (χ4n) is 1.57. The Morgan fingerprint density at radius 3 is 2.77 bits per heavy atom. The molecule has 1 aromatic heterocycles. The predicted molar refractivity (Wildman–Crippen MR) is 55.5 cm³/mol. The Labute approximate surface area is 82.0 Å². The third-order valence-electron chi connectivity index (χ3n) is 2.13. The average Bonchev–Trinajstić information content (AvgIpc) is 2.43. The lowest BCUT2D eigenvalue weighted by molar-refractivity contribution is 0.905. The Hall–Kier alpha value is -0.970. The minimum Gasteiger partial charge on any atom is -0.352 e. The van der Waals surface area contributed by atoms with Crippen molar-refractivity contribution in [3.63, 3.8) is 0 Å². The molecular formula is C8H12N4S. The minimum absolute atomic E-state index is 0.890. The van der Waals surface area contributed by atoms with Crippen molar-refractivity contribution in [1.82, 2.24) is 9.97 Å². The van der Waals surface area contributed by atoms with E-state index in [2.05, 4.69) is 26.8 Å².